The average molecular weight is 387 g/mol. The Labute approximate surface area is 166 Å². The largest absolute Gasteiger partial charge is 0.495 e. The molecule has 0 unspecified atom stereocenters. The van der Waals surface area contributed by atoms with Crippen molar-refractivity contribution in [3.63, 3.8) is 0 Å². The molecule has 0 fully saturated rings. The van der Waals surface area contributed by atoms with Gasteiger partial charge in [-0.3, -0.25) is 10.1 Å². The average Bonchev–Trinajstić information content (AvgIpc) is 2.74. The zero-order valence-electron chi connectivity index (χ0n) is 15.5. The Morgan fingerprint density at radius 3 is 2.24 bits per heavy atom. The summed E-state index contributed by atoms with van der Waals surface area (Å²) in [7, 11) is 1.53. The number of benzene rings is 3. The Bertz CT molecular complexity index is 1190. The first-order chi connectivity index (χ1) is 14.2. The van der Waals surface area contributed by atoms with E-state index in [1.807, 2.05) is 48.5 Å². The van der Waals surface area contributed by atoms with E-state index in [9.17, 15) is 10.1 Å². The number of hydrogen-bond donors (Lipinski definition) is 2. The number of ether oxygens (including phenoxy) is 1. The number of hydrogen-bond acceptors (Lipinski definition) is 7. The van der Waals surface area contributed by atoms with Crippen LogP contribution in [0.4, 0.5) is 28.7 Å². The number of nitrogens with zero attached hydrogens (tertiary/aromatic N) is 3. The maximum Gasteiger partial charge on any atom is 0.353 e. The molecule has 0 aliphatic heterocycles. The first-order valence-corrected chi connectivity index (χ1v) is 8.81. The molecule has 1 aromatic heterocycles. The molecule has 0 aliphatic carbocycles. The van der Waals surface area contributed by atoms with E-state index in [4.69, 9.17) is 4.74 Å². The van der Waals surface area contributed by atoms with E-state index in [2.05, 4.69) is 20.6 Å². The van der Waals surface area contributed by atoms with Crippen molar-refractivity contribution in [3.05, 3.63) is 83.2 Å². The normalized spacial score (nSPS) is 10.5. The summed E-state index contributed by atoms with van der Waals surface area (Å²) in [6, 6.07) is 20.6. The van der Waals surface area contributed by atoms with Crippen molar-refractivity contribution in [3.8, 4) is 5.75 Å². The van der Waals surface area contributed by atoms with Crippen LogP contribution in [-0.2, 0) is 0 Å². The molecule has 0 bridgehead atoms. The summed E-state index contributed by atoms with van der Waals surface area (Å²) in [6.45, 7) is 0. The number of para-hydroxylation sites is 2. The molecule has 4 aromatic rings. The molecule has 1 heterocycles. The zero-order chi connectivity index (χ0) is 20.2. The smallest absolute Gasteiger partial charge is 0.353 e. The zero-order valence-corrected chi connectivity index (χ0v) is 15.5. The van der Waals surface area contributed by atoms with Gasteiger partial charge in [0.05, 0.1) is 17.7 Å². The molecule has 0 amide bonds. The Morgan fingerprint density at radius 2 is 1.48 bits per heavy atom. The summed E-state index contributed by atoms with van der Waals surface area (Å²) in [5.74, 6) is 0.708. The fourth-order valence-corrected chi connectivity index (χ4v) is 3.07. The lowest BCUT2D eigenvalue weighted by molar-refractivity contribution is -0.383. The summed E-state index contributed by atoms with van der Waals surface area (Å²) < 4.78 is 5.30. The fraction of sp³-hybridized carbons (Fsp3) is 0.0476. The molecule has 0 saturated carbocycles. The van der Waals surface area contributed by atoms with Gasteiger partial charge in [-0.05, 0) is 23.6 Å². The molecule has 0 radical (unpaired) electrons. The summed E-state index contributed by atoms with van der Waals surface area (Å²) in [5.41, 5.74) is 1.02. The standard InChI is InChI=1S/C21H17N5O3/c1-29-18-12-5-4-10-17(18)25-21-19(26(27)28)20(22-13-23-21)24-16-11-6-8-14-7-2-3-9-15(14)16/h2-13H,1H3,(H2,22,23,24,25). The van der Waals surface area contributed by atoms with Gasteiger partial charge in [0.25, 0.3) is 0 Å². The highest BCUT2D eigenvalue weighted by Gasteiger charge is 2.24. The maximum absolute atomic E-state index is 11.9. The van der Waals surface area contributed by atoms with Crippen LogP contribution in [0.15, 0.2) is 73.1 Å². The predicted molar refractivity (Wildman–Crippen MR) is 112 cm³/mol. The highest BCUT2D eigenvalue weighted by molar-refractivity contribution is 5.96. The predicted octanol–water partition coefficient (Wildman–Crippen LogP) is 5.03. The van der Waals surface area contributed by atoms with Crippen LogP contribution in [0.1, 0.15) is 0 Å². The molecule has 0 saturated heterocycles. The Morgan fingerprint density at radius 1 is 0.862 bits per heavy atom. The van der Waals surface area contributed by atoms with Crippen molar-refractivity contribution in [1.29, 1.82) is 0 Å². The van der Waals surface area contributed by atoms with Crippen molar-refractivity contribution in [2.24, 2.45) is 0 Å². The van der Waals surface area contributed by atoms with Crippen LogP contribution < -0.4 is 15.4 Å². The quantitative estimate of drug-likeness (QED) is 0.353. The highest BCUT2D eigenvalue weighted by atomic mass is 16.6. The lowest BCUT2D eigenvalue weighted by Gasteiger charge is -2.13. The monoisotopic (exact) mass is 387 g/mol. The second-order valence-corrected chi connectivity index (χ2v) is 6.15. The third-order valence-corrected chi connectivity index (χ3v) is 4.41. The van der Waals surface area contributed by atoms with Crippen LogP contribution in [-0.4, -0.2) is 22.0 Å². The molecule has 144 valence electrons. The first kappa shape index (κ1) is 18.2. The lowest BCUT2D eigenvalue weighted by atomic mass is 10.1. The fourth-order valence-electron chi connectivity index (χ4n) is 3.07. The van der Waals surface area contributed by atoms with Crippen molar-refractivity contribution in [2.75, 3.05) is 17.7 Å². The van der Waals surface area contributed by atoms with Gasteiger partial charge in [-0.1, -0.05) is 48.5 Å². The summed E-state index contributed by atoms with van der Waals surface area (Å²) in [5, 5.41) is 19.9. The van der Waals surface area contributed by atoms with E-state index in [0.717, 1.165) is 10.8 Å². The van der Waals surface area contributed by atoms with Gasteiger partial charge in [-0.15, -0.1) is 0 Å². The molecule has 8 nitrogen and oxygen atoms in total. The molecule has 2 N–H and O–H groups in total. The van der Waals surface area contributed by atoms with Crippen molar-refractivity contribution in [2.45, 2.75) is 0 Å². The van der Waals surface area contributed by atoms with Gasteiger partial charge in [-0.2, -0.15) is 0 Å². The van der Waals surface area contributed by atoms with Crippen molar-refractivity contribution in [1.82, 2.24) is 9.97 Å². The number of rotatable bonds is 6. The molecule has 4 rings (SSSR count). The molecular formula is C21H17N5O3. The van der Waals surface area contributed by atoms with Crippen molar-refractivity contribution >= 4 is 39.5 Å². The van der Waals surface area contributed by atoms with Gasteiger partial charge < -0.3 is 15.4 Å². The maximum atomic E-state index is 11.9. The van der Waals surface area contributed by atoms with E-state index < -0.39 is 4.92 Å². The molecule has 0 aliphatic rings. The van der Waals surface area contributed by atoms with Gasteiger partial charge in [0.15, 0.2) is 0 Å². The minimum atomic E-state index is -0.509. The Kier molecular flexibility index (Phi) is 4.90. The van der Waals surface area contributed by atoms with E-state index >= 15 is 0 Å². The molecule has 29 heavy (non-hydrogen) atoms. The molecule has 0 spiro atoms. The SMILES string of the molecule is COc1ccccc1Nc1ncnc(Nc2cccc3ccccc23)c1[N+](=O)[O-]. The molecule has 0 atom stereocenters. The number of nitrogens with one attached hydrogen (secondary N) is 2. The van der Waals surface area contributed by atoms with E-state index in [-0.39, 0.29) is 17.3 Å². The number of nitro groups is 1. The summed E-state index contributed by atoms with van der Waals surface area (Å²) in [4.78, 5) is 19.5. The molecule has 8 heteroatoms. The van der Waals surface area contributed by atoms with Crippen LogP contribution in [0, 0.1) is 10.1 Å². The summed E-state index contributed by atoms with van der Waals surface area (Å²) >= 11 is 0. The van der Waals surface area contributed by atoms with Gasteiger partial charge in [-0.25, -0.2) is 9.97 Å². The second kappa shape index (κ2) is 7.81. The van der Waals surface area contributed by atoms with Crippen LogP contribution in [0.5, 0.6) is 5.75 Å². The number of methoxy groups -OCH3 is 1. The number of fused-ring (bicyclic) bond motifs is 1. The van der Waals surface area contributed by atoms with Gasteiger partial charge in [0.2, 0.25) is 11.6 Å². The van der Waals surface area contributed by atoms with Gasteiger partial charge >= 0.3 is 5.69 Å². The lowest BCUT2D eigenvalue weighted by Crippen LogP contribution is -2.06. The molecule has 3 aromatic carbocycles. The summed E-state index contributed by atoms with van der Waals surface area (Å²) in [6.07, 6.45) is 1.28. The van der Waals surface area contributed by atoms with Gasteiger partial charge in [0, 0.05) is 11.1 Å². The topological polar surface area (TPSA) is 102 Å². The van der Waals surface area contributed by atoms with Crippen LogP contribution in [0.3, 0.4) is 0 Å². The van der Waals surface area contributed by atoms with Crippen LogP contribution in [0.25, 0.3) is 10.8 Å². The third kappa shape index (κ3) is 3.63. The van der Waals surface area contributed by atoms with Crippen LogP contribution >= 0.6 is 0 Å². The first-order valence-electron chi connectivity index (χ1n) is 8.81. The van der Waals surface area contributed by atoms with E-state index in [0.29, 0.717) is 17.1 Å². The minimum absolute atomic E-state index is 0.0669. The van der Waals surface area contributed by atoms with E-state index in [1.54, 1.807) is 18.2 Å². The number of aromatic nitrogens is 2. The Hall–Kier alpha value is -4.20. The number of anilines is 4. The van der Waals surface area contributed by atoms with Crippen molar-refractivity contribution < 1.29 is 9.66 Å². The van der Waals surface area contributed by atoms with E-state index in [1.165, 1.54) is 13.4 Å². The second-order valence-electron chi connectivity index (χ2n) is 6.15. The minimum Gasteiger partial charge on any atom is -0.495 e. The van der Waals surface area contributed by atoms with Crippen LogP contribution in [0.2, 0.25) is 0 Å². The highest BCUT2D eigenvalue weighted by Crippen LogP contribution is 2.36. The van der Waals surface area contributed by atoms with Gasteiger partial charge in [0.1, 0.15) is 12.1 Å². The third-order valence-electron chi connectivity index (χ3n) is 4.41. The molecular weight excluding hydrogens is 370 g/mol. The Balaban J connectivity index is 1.77.